The van der Waals surface area contributed by atoms with Gasteiger partial charge < -0.3 is 9.88 Å². The van der Waals surface area contributed by atoms with Gasteiger partial charge in [0.15, 0.2) is 5.82 Å². The maximum absolute atomic E-state index is 9.32. The molecule has 2 aromatic rings. The van der Waals surface area contributed by atoms with Gasteiger partial charge in [0.05, 0.1) is 5.69 Å². The molecule has 0 fully saturated rings. The van der Waals surface area contributed by atoms with E-state index in [4.69, 9.17) is 0 Å². The van der Waals surface area contributed by atoms with Gasteiger partial charge in [-0.25, -0.2) is 0 Å². The molecular weight excluding hydrogens is 278 g/mol. The van der Waals surface area contributed by atoms with Crippen LogP contribution < -0.4 is 5.32 Å². The molecule has 1 aliphatic rings. The predicted molar refractivity (Wildman–Crippen MR) is 81.3 cm³/mol. The van der Waals surface area contributed by atoms with E-state index in [1.165, 1.54) is 0 Å². The van der Waals surface area contributed by atoms with Gasteiger partial charge in [-0.3, -0.25) is 0 Å². The molecule has 0 bridgehead atoms. The number of hydrogen-bond donors (Lipinski definition) is 1. The second-order valence-electron chi connectivity index (χ2n) is 5.81. The molecule has 1 unspecified atom stereocenters. The lowest BCUT2D eigenvalue weighted by Gasteiger charge is -2.24. The minimum atomic E-state index is 0.470. The Labute approximate surface area is 129 Å². The Bertz CT molecular complexity index is 741. The van der Waals surface area contributed by atoms with E-state index in [2.05, 4.69) is 36.3 Å². The number of rotatable bonds is 3. The first-order chi connectivity index (χ1) is 10.6. The monoisotopic (exact) mass is 297 g/mol. The molecule has 0 aromatic carbocycles. The average molecular weight is 297 g/mol. The number of aryl methyl sites for hydroxylation is 3. The molecule has 1 aliphatic heterocycles. The van der Waals surface area contributed by atoms with Gasteiger partial charge in [0.2, 0.25) is 0 Å². The second-order valence-corrected chi connectivity index (χ2v) is 5.81. The van der Waals surface area contributed by atoms with Gasteiger partial charge in [-0.2, -0.15) is 10.4 Å². The van der Waals surface area contributed by atoms with E-state index in [9.17, 15) is 5.26 Å². The van der Waals surface area contributed by atoms with Crippen LogP contribution in [0.3, 0.4) is 0 Å². The minimum absolute atomic E-state index is 0.470. The molecule has 0 aliphatic carbocycles. The smallest absolute Gasteiger partial charge is 0.166 e. The van der Waals surface area contributed by atoms with Crippen LogP contribution in [0.2, 0.25) is 0 Å². The van der Waals surface area contributed by atoms with Crippen LogP contribution in [0.4, 0.5) is 5.82 Å². The van der Waals surface area contributed by atoms with E-state index in [1.807, 2.05) is 20.8 Å². The zero-order chi connectivity index (χ0) is 15.7. The van der Waals surface area contributed by atoms with Gasteiger partial charge in [-0.1, -0.05) is 0 Å². The molecule has 3 heterocycles. The van der Waals surface area contributed by atoms with E-state index in [0.717, 1.165) is 48.8 Å². The fourth-order valence-corrected chi connectivity index (χ4v) is 2.81. The van der Waals surface area contributed by atoms with E-state index < -0.39 is 0 Å². The van der Waals surface area contributed by atoms with Crippen molar-refractivity contribution in [3.63, 3.8) is 0 Å². The van der Waals surface area contributed by atoms with Crippen molar-refractivity contribution in [3.8, 4) is 6.07 Å². The number of hydrogen-bond acceptors (Lipinski definition) is 6. The molecule has 0 saturated carbocycles. The van der Waals surface area contributed by atoms with Crippen LogP contribution in [0.1, 0.15) is 34.9 Å². The lowest BCUT2D eigenvalue weighted by Crippen LogP contribution is -2.27. The highest BCUT2D eigenvalue weighted by atomic mass is 15.3. The van der Waals surface area contributed by atoms with Gasteiger partial charge in [0.25, 0.3) is 0 Å². The lowest BCUT2D eigenvalue weighted by molar-refractivity contribution is 0.376. The molecule has 1 atom stereocenters. The van der Waals surface area contributed by atoms with Gasteiger partial charge in [0.1, 0.15) is 23.3 Å². The molecule has 0 radical (unpaired) electrons. The molecule has 0 amide bonds. The largest absolute Gasteiger partial charge is 0.367 e. The van der Waals surface area contributed by atoms with Crippen molar-refractivity contribution in [2.75, 3.05) is 11.9 Å². The predicted octanol–water partition coefficient (Wildman–Crippen LogP) is 1.54. The van der Waals surface area contributed by atoms with Crippen LogP contribution in [-0.2, 0) is 13.0 Å². The van der Waals surface area contributed by atoms with Crippen molar-refractivity contribution in [2.45, 2.75) is 40.2 Å². The Morgan fingerprint density at radius 2 is 2.05 bits per heavy atom. The zero-order valence-corrected chi connectivity index (χ0v) is 13.1. The number of aromatic nitrogens is 5. The number of nitrogens with zero attached hydrogens (tertiary/aromatic N) is 6. The van der Waals surface area contributed by atoms with E-state index in [-0.39, 0.29) is 0 Å². The fraction of sp³-hybridized carbons (Fsp3) is 0.533. The average Bonchev–Trinajstić information content (AvgIpc) is 2.89. The molecular formula is C15H19N7. The van der Waals surface area contributed by atoms with Crippen molar-refractivity contribution >= 4 is 5.82 Å². The van der Waals surface area contributed by atoms with Crippen LogP contribution in [0.15, 0.2) is 0 Å². The van der Waals surface area contributed by atoms with Crippen LogP contribution in [0, 0.1) is 38.0 Å². The first-order valence-corrected chi connectivity index (χ1v) is 7.46. The summed E-state index contributed by atoms with van der Waals surface area (Å²) in [6, 6.07) is 2.22. The Morgan fingerprint density at radius 1 is 1.23 bits per heavy atom. The molecule has 7 nitrogen and oxygen atoms in total. The normalized spacial score (nSPS) is 16.9. The molecule has 7 heteroatoms. The summed E-state index contributed by atoms with van der Waals surface area (Å²) < 4.78 is 2.17. The SMILES string of the molecule is Cc1nnc(NCC2CCc3nnc(C)n3C2)c(C#N)c1C. The van der Waals surface area contributed by atoms with Crippen molar-refractivity contribution in [3.05, 3.63) is 28.5 Å². The molecule has 0 saturated heterocycles. The molecule has 1 N–H and O–H groups in total. The van der Waals surface area contributed by atoms with Gasteiger partial charge in [0, 0.05) is 19.5 Å². The molecule has 114 valence electrons. The number of fused-ring (bicyclic) bond motifs is 1. The highest BCUT2D eigenvalue weighted by Crippen LogP contribution is 2.22. The number of anilines is 1. The summed E-state index contributed by atoms with van der Waals surface area (Å²) in [5.41, 5.74) is 2.27. The summed E-state index contributed by atoms with van der Waals surface area (Å²) in [5.74, 6) is 3.08. The first kappa shape index (κ1) is 14.4. The van der Waals surface area contributed by atoms with Crippen LogP contribution in [-0.4, -0.2) is 31.5 Å². The Balaban J connectivity index is 1.71. The molecule has 22 heavy (non-hydrogen) atoms. The maximum Gasteiger partial charge on any atom is 0.166 e. The molecule has 0 spiro atoms. The Morgan fingerprint density at radius 3 is 2.82 bits per heavy atom. The summed E-state index contributed by atoms with van der Waals surface area (Å²) in [4.78, 5) is 0. The first-order valence-electron chi connectivity index (χ1n) is 7.46. The summed E-state index contributed by atoms with van der Waals surface area (Å²) in [6.07, 6.45) is 2.00. The third-order valence-electron chi connectivity index (χ3n) is 4.35. The summed E-state index contributed by atoms with van der Waals surface area (Å²) >= 11 is 0. The van der Waals surface area contributed by atoms with Gasteiger partial charge in [-0.05, 0) is 38.7 Å². The third kappa shape index (κ3) is 2.52. The molecule has 3 rings (SSSR count). The fourth-order valence-electron chi connectivity index (χ4n) is 2.81. The topological polar surface area (TPSA) is 92.3 Å². The van der Waals surface area contributed by atoms with Crippen molar-refractivity contribution in [1.82, 2.24) is 25.0 Å². The highest BCUT2D eigenvalue weighted by Gasteiger charge is 2.22. The number of nitrogens with one attached hydrogen (secondary N) is 1. The van der Waals surface area contributed by atoms with Gasteiger partial charge >= 0.3 is 0 Å². The van der Waals surface area contributed by atoms with E-state index in [1.54, 1.807) is 0 Å². The standard InChI is InChI=1S/C15H19N7/c1-9-10(2)18-21-15(13(9)6-16)17-7-12-4-5-14-20-19-11(3)22(14)8-12/h12H,4-5,7-8H2,1-3H3,(H,17,21). The van der Waals surface area contributed by atoms with Crippen molar-refractivity contribution < 1.29 is 0 Å². The minimum Gasteiger partial charge on any atom is -0.367 e. The van der Waals surface area contributed by atoms with Crippen LogP contribution in [0.25, 0.3) is 0 Å². The summed E-state index contributed by atoms with van der Waals surface area (Å²) in [7, 11) is 0. The van der Waals surface area contributed by atoms with Gasteiger partial charge in [-0.15, -0.1) is 15.3 Å². The Hall–Kier alpha value is -2.49. The zero-order valence-electron chi connectivity index (χ0n) is 13.1. The van der Waals surface area contributed by atoms with Crippen LogP contribution in [0.5, 0.6) is 0 Å². The highest BCUT2D eigenvalue weighted by molar-refractivity contribution is 5.55. The summed E-state index contributed by atoms with van der Waals surface area (Å²) in [6.45, 7) is 7.42. The van der Waals surface area contributed by atoms with Crippen molar-refractivity contribution in [2.24, 2.45) is 5.92 Å². The third-order valence-corrected chi connectivity index (χ3v) is 4.35. The van der Waals surface area contributed by atoms with E-state index >= 15 is 0 Å². The second kappa shape index (κ2) is 5.72. The van der Waals surface area contributed by atoms with E-state index in [0.29, 0.717) is 17.3 Å². The van der Waals surface area contributed by atoms with Crippen molar-refractivity contribution in [1.29, 1.82) is 5.26 Å². The number of nitriles is 1. The molecule has 2 aromatic heterocycles. The summed E-state index contributed by atoms with van der Waals surface area (Å²) in [5, 5.41) is 29.2. The lowest BCUT2D eigenvalue weighted by atomic mass is 9.99. The maximum atomic E-state index is 9.32. The quantitative estimate of drug-likeness (QED) is 0.923. The Kier molecular flexibility index (Phi) is 3.75. The van der Waals surface area contributed by atoms with Crippen LogP contribution >= 0.6 is 0 Å².